The number of rotatable bonds is 3. The molecule has 4 aliphatic rings. The Balaban J connectivity index is 0.000000221. The Kier molecular flexibility index (Phi) is 6.98. The SMILES string of the molecule is C1=Cc2ccccc2OC1.COCC1C=c2c(ccc3c2=CCC2=C3C=CC(c3ccccc3)C2)C=C1C. The molecule has 2 heteroatoms. The lowest BCUT2D eigenvalue weighted by Crippen LogP contribution is -2.35. The summed E-state index contributed by atoms with van der Waals surface area (Å²) < 4.78 is 10.8. The number of para-hydroxylation sites is 1. The molecule has 0 amide bonds. The Morgan fingerprint density at radius 3 is 2.58 bits per heavy atom. The highest BCUT2D eigenvalue weighted by molar-refractivity contribution is 5.83. The van der Waals surface area contributed by atoms with Crippen LogP contribution in [-0.2, 0) is 4.74 Å². The number of allylic oxidation sites excluding steroid dienone is 4. The van der Waals surface area contributed by atoms with Crippen molar-refractivity contribution < 1.29 is 9.47 Å². The van der Waals surface area contributed by atoms with Crippen molar-refractivity contribution in [3.05, 3.63) is 129 Å². The highest BCUT2D eigenvalue weighted by Gasteiger charge is 2.22. The van der Waals surface area contributed by atoms with E-state index in [1.165, 1.54) is 43.8 Å². The molecule has 0 saturated heterocycles. The van der Waals surface area contributed by atoms with Gasteiger partial charge in [0.25, 0.3) is 0 Å². The normalized spacial score (nSPS) is 20.2. The lowest BCUT2D eigenvalue weighted by molar-refractivity contribution is 0.185. The largest absolute Gasteiger partial charge is 0.489 e. The van der Waals surface area contributed by atoms with E-state index in [2.05, 4.69) is 85.8 Å². The minimum Gasteiger partial charge on any atom is -0.489 e. The summed E-state index contributed by atoms with van der Waals surface area (Å²) in [5.41, 5.74) is 9.71. The highest BCUT2D eigenvalue weighted by Crippen LogP contribution is 2.37. The molecule has 0 bridgehead atoms. The maximum Gasteiger partial charge on any atom is 0.126 e. The van der Waals surface area contributed by atoms with Gasteiger partial charge in [-0.15, -0.1) is 0 Å². The number of hydrogen-bond acceptors (Lipinski definition) is 2. The molecule has 3 aromatic carbocycles. The van der Waals surface area contributed by atoms with Crippen LogP contribution in [0.2, 0.25) is 0 Å². The van der Waals surface area contributed by atoms with Gasteiger partial charge in [-0.2, -0.15) is 0 Å². The van der Waals surface area contributed by atoms with Gasteiger partial charge in [-0.1, -0.05) is 108 Å². The van der Waals surface area contributed by atoms with Crippen molar-refractivity contribution >= 4 is 29.9 Å². The van der Waals surface area contributed by atoms with Crippen molar-refractivity contribution in [2.75, 3.05) is 20.3 Å². The molecule has 2 unspecified atom stereocenters. The second kappa shape index (κ2) is 10.8. The average molecular weight is 499 g/mol. The summed E-state index contributed by atoms with van der Waals surface area (Å²) in [6, 6.07) is 23.5. The minimum atomic E-state index is 0.372. The quantitative estimate of drug-likeness (QED) is 0.390. The molecule has 0 N–H and O–H groups in total. The summed E-state index contributed by atoms with van der Waals surface area (Å²) in [4.78, 5) is 0. The fourth-order valence-corrected chi connectivity index (χ4v) is 5.93. The molecule has 190 valence electrons. The van der Waals surface area contributed by atoms with E-state index in [1.54, 1.807) is 12.7 Å². The van der Waals surface area contributed by atoms with E-state index in [1.807, 2.05) is 30.3 Å². The smallest absolute Gasteiger partial charge is 0.126 e. The highest BCUT2D eigenvalue weighted by atomic mass is 16.5. The van der Waals surface area contributed by atoms with Gasteiger partial charge >= 0.3 is 0 Å². The lowest BCUT2D eigenvalue weighted by atomic mass is 9.78. The van der Waals surface area contributed by atoms with Gasteiger partial charge in [-0.25, -0.2) is 0 Å². The first-order valence-corrected chi connectivity index (χ1v) is 13.6. The Morgan fingerprint density at radius 1 is 0.895 bits per heavy atom. The van der Waals surface area contributed by atoms with Gasteiger partial charge in [-0.05, 0) is 64.6 Å². The molecule has 3 aliphatic carbocycles. The van der Waals surface area contributed by atoms with Crippen LogP contribution in [0.4, 0.5) is 0 Å². The van der Waals surface area contributed by atoms with Crippen LogP contribution in [0, 0.1) is 5.92 Å². The topological polar surface area (TPSA) is 18.5 Å². The predicted molar refractivity (Wildman–Crippen MR) is 159 cm³/mol. The van der Waals surface area contributed by atoms with Crippen molar-refractivity contribution in [1.82, 2.24) is 0 Å². The van der Waals surface area contributed by atoms with E-state index in [0.717, 1.165) is 25.2 Å². The standard InChI is InChI=1S/C27H26O.C9H8O/c1-18-14-21-9-12-25-24-11-8-20(19-6-4-3-5-7-19)15-22(24)10-13-26(25)27(21)16-23(18)17-28-2;1-2-6-9-8(4-1)5-3-7-10-9/h3-9,11-14,16,20,23H,10,15,17H2,1-2H3;1-6H,7H2. The van der Waals surface area contributed by atoms with Crippen molar-refractivity contribution in [1.29, 1.82) is 0 Å². The van der Waals surface area contributed by atoms with Gasteiger partial charge in [0.2, 0.25) is 0 Å². The number of methoxy groups -OCH3 is 1. The molecule has 0 fully saturated rings. The molecule has 0 radical (unpaired) electrons. The molecule has 1 aliphatic heterocycles. The van der Waals surface area contributed by atoms with Crippen LogP contribution in [0.1, 0.15) is 47.9 Å². The summed E-state index contributed by atoms with van der Waals surface area (Å²) in [5.74, 6) is 1.86. The fraction of sp³-hybridized carbons (Fsp3) is 0.222. The average Bonchev–Trinajstić information content (AvgIpc) is 2.98. The maximum absolute atomic E-state index is 5.45. The Hall–Kier alpha value is -3.88. The summed E-state index contributed by atoms with van der Waals surface area (Å²) in [6.07, 6.45) is 18.2. The monoisotopic (exact) mass is 498 g/mol. The number of ether oxygens (including phenoxy) is 2. The predicted octanol–water partition coefficient (Wildman–Crippen LogP) is 6.92. The molecule has 1 heterocycles. The van der Waals surface area contributed by atoms with Gasteiger partial charge in [0.15, 0.2) is 0 Å². The van der Waals surface area contributed by atoms with Crippen LogP contribution >= 0.6 is 0 Å². The number of benzene rings is 3. The Morgan fingerprint density at radius 2 is 1.74 bits per heavy atom. The maximum atomic E-state index is 5.45. The van der Waals surface area contributed by atoms with E-state index in [0.29, 0.717) is 18.4 Å². The van der Waals surface area contributed by atoms with Gasteiger partial charge in [0.1, 0.15) is 12.4 Å². The molecule has 38 heavy (non-hydrogen) atoms. The molecule has 0 saturated carbocycles. The van der Waals surface area contributed by atoms with E-state index in [9.17, 15) is 0 Å². The third kappa shape index (κ3) is 4.85. The summed E-state index contributed by atoms with van der Waals surface area (Å²) in [7, 11) is 1.79. The fourth-order valence-electron chi connectivity index (χ4n) is 5.93. The zero-order valence-corrected chi connectivity index (χ0v) is 22.2. The van der Waals surface area contributed by atoms with Crippen LogP contribution in [0.5, 0.6) is 5.75 Å². The van der Waals surface area contributed by atoms with Crippen LogP contribution in [0.25, 0.3) is 29.9 Å². The first-order chi connectivity index (χ1) is 18.7. The number of fused-ring (bicyclic) bond motifs is 5. The second-order valence-electron chi connectivity index (χ2n) is 10.4. The van der Waals surface area contributed by atoms with Crippen molar-refractivity contribution in [2.24, 2.45) is 5.92 Å². The van der Waals surface area contributed by atoms with E-state index >= 15 is 0 Å². The zero-order chi connectivity index (χ0) is 25.9. The molecular formula is C36H34O2. The minimum absolute atomic E-state index is 0.372. The Labute approximate surface area is 225 Å². The van der Waals surface area contributed by atoms with Gasteiger partial charge < -0.3 is 9.47 Å². The van der Waals surface area contributed by atoms with Crippen molar-refractivity contribution in [2.45, 2.75) is 25.7 Å². The van der Waals surface area contributed by atoms with Crippen LogP contribution in [0.3, 0.4) is 0 Å². The molecule has 0 spiro atoms. The van der Waals surface area contributed by atoms with E-state index in [4.69, 9.17) is 9.47 Å². The molecule has 7 rings (SSSR count). The molecule has 3 aromatic rings. The number of hydrogen-bond donors (Lipinski definition) is 0. The summed E-state index contributed by atoms with van der Waals surface area (Å²) in [6.45, 7) is 3.66. The van der Waals surface area contributed by atoms with Gasteiger partial charge in [0.05, 0.1) is 6.61 Å². The van der Waals surface area contributed by atoms with E-state index in [-0.39, 0.29) is 0 Å². The van der Waals surface area contributed by atoms with Crippen LogP contribution in [-0.4, -0.2) is 20.3 Å². The van der Waals surface area contributed by atoms with Crippen LogP contribution in [0.15, 0.2) is 96.1 Å². The van der Waals surface area contributed by atoms with Crippen molar-refractivity contribution in [3.63, 3.8) is 0 Å². The third-order valence-corrected chi connectivity index (χ3v) is 7.97. The van der Waals surface area contributed by atoms with Crippen molar-refractivity contribution in [3.8, 4) is 5.75 Å². The summed E-state index contributed by atoms with van der Waals surface area (Å²) in [5, 5.41) is 2.79. The van der Waals surface area contributed by atoms with Gasteiger partial charge in [0, 0.05) is 24.5 Å². The third-order valence-electron chi connectivity index (χ3n) is 7.97. The second-order valence-corrected chi connectivity index (χ2v) is 10.4. The molecule has 2 nitrogen and oxygen atoms in total. The summed E-state index contributed by atoms with van der Waals surface area (Å²) >= 11 is 0. The Bertz CT molecular complexity index is 1580. The molecule has 0 aromatic heterocycles. The lowest BCUT2D eigenvalue weighted by Gasteiger charge is -2.26. The molecule has 2 atom stereocenters. The first-order valence-electron chi connectivity index (χ1n) is 13.6. The molecular weight excluding hydrogens is 464 g/mol. The first kappa shape index (κ1) is 24.5. The van der Waals surface area contributed by atoms with Crippen LogP contribution < -0.4 is 15.2 Å². The zero-order valence-electron chi connectivity index (χ0n) is 22.2. The van der Waals surface area contributed by atoms with E-state index < -0.39 is 0 Å². The van der Waals surface area contributed by atoms with Gasteiger partial charge in [-0.3, -0.25) is 0 Å².